The van der Waals surface area contributed by atoms with Crippen molar-refractivity contribution in [2.45, 2.75) is 12.9 Å². The molecule has 3 nitrogen and oxygen atoms in total. The summed E-state index contributed by atoms with van der Waals surface area (Å²) in [6.45, 7) is -0.339. The molecule has 1 heterocycles. The van der Waals surface area contributed by atoms with E-state index in [4.69, 9.17) is 18.0 Å². The van der Waals surface area contributed by atoms with Crippen LogP contribution in [0.1, 0.15) is 5.56 Å². The number of benzene rings is 1. The van der Waals surface area contributed by atoms with Crippen molar-refractivity contribution >= 4 is 28.1 Å². The molecule has 0 radical (unpaired) electrons. The Balaban J connectivity index is 2.22. The van der Waals surface area contributed by atoms with E-state index in [9.17, 15) is 13.2 Å². The van der Waals surface area contributed by atoms with Gasteiger partial charge in [0.15, 0.2) is 0 Å². The normalized spacial score (nSPS) is 11.9. The quantitative estimate of drug-likeness (QED) is 0.879. The third kappa shape index (κ3) is 3.24. The SMILES string of the molecule is NC(=S)c1cccc2c1ccn2CCOC(F)(F)F. The molecule has 1 aromatic carbocycles. The van der Waals surface area contributed by atoms with Crippen LogP contribution in [-0.2, 0) is 11.3 Å². The third-order valence-corrected chi connectivity index (χ3v) is 2.90. The van der Waals surface area contributed by atoms with E-state index in [1.807, 2.05) is 0 Å². The molecule has 0 atom stereocenters. The van der Waals surface area contributed by atoms with Crippen LogP contribution >= 0.6 is 12.2 Å². The molecule has 0 aliphatic rings. The van der Waals surface area contributed by atoms with E-state index in [-0.39, 0.29) is 11.5 Å². The van der Waals surface area contributed by atoms with Crippen molar-refractivity contribution in [2.75, 3.05) is 6.61 Å². The molecule has 0 saturated heterocycles. The standard InChI is InChI=1S/C12H11F3N2OS/c13-12(14,15)18-7-6-17-5-4-8-9(11(16)19)2-1-3-10(8)17/h1-5H,6-7H2,(H2,16,19). The summed E-state index contributed by atoms with van der Waals surface area (Å²) in [4.78, 5) is 0.259. The summed E-state index contributed by atoms with van der Waals surface area (Å²) in [6, 6.07) is 7.11. The highest BCUT2D eigenvalue weighted by molar-refractivity contribution is 7.80. The number of nitrogens with two attached hydrogens (primary N) is 1. The van der Waals surface area contributed by atoms with E-state index in [2.05, 4.69) is 4.74 Å². The van der Waals surface area contributed by atoms with Gasteiger partial charge in [-0.3, -0.25) is 4.74 Å². The number of halogens is 3. The molecular weight excluding hydrogens is 277 g/mol. The van der Waals surface area contributed by atoms with Crippen LogP contribution in [0.5, 0.6) is 0 Å². The van der Waals surface area contributed by atoms with Gasteiger partial charge in [0.25, 0.3) is 0 Å². The lowest BCUT2D eigenvalue weighted by molar-refractivity contribution is -0.325. The van der Waals surface area contributed by atoms with Crippen molar-refractivity contribution in [3.05, 3.63) is 36.0 Å². The molecule has 19 heavy (non-hydrogen) atoms. The minimum Gasteiger partial charge on any atom is -0.389 e. The topological polar surface area (TPSA) is 40.2 Å². The number of hydrogen-bond acceptors (Lipinski definition) is 2. The van der Waals surface area contributed by atoms with Crippen molar-refractivity contribution in [1.82, 2.24) is 4.57 Å². The second kappa shape index (κ2) is 5.18. The predicted octanol–water partition coefficient (Wildman–Crippen LogP) is 2.81. The Hall–Kier alpha value is -1.60. The molecule has 0 saturated carbocycles. The van der Waals surface area contributed by atoms with Crippen molar-refractivity contribution in [1.29, 1.82) is 0 Å². The van der Waals surface area contributed by atoms with Gasteiger partial charge in [-0.1, -0.05) is 24.4 Å². The highest BCUT2D eigenvalue weighted by Gasteiger charge is 2.28. The van der Waals surface area contributed by atoms with E-state index >= 15 is 0 Å². The molecule has 2 rings (SSSR count). The lowest BCUT2D eigenvalue weighted by atomic mass is 10.1. The monoisotopic (exact) mass is 288 g/mol. The summed E-state index contributed by atoms with van der Waals surface area (Å²) < 4.78 is 41.1. The number of nitrogens with zero attached hydrogens (tertiary/aromatic N) is 1. The number of ether oxygens (including phenoxy) is 1. The molecule has 0 fully saturated rings. The zero-order valence-corrected chi connectivity index (χ0v) is 10.6. The Morgan fingerprint density at radius 2 is 2.05 bits per heavy atom. The third-order valence-electron chi connectivity index (χ3n) is 2.68. The molecule has 102 valence electrons. The second-order valence-electron chi connectivity index (χ2n) is 3.91. The lowest BCUT2D eigenvalue weighted by Crippen LogP contribution is -2.17. The Labute approximate surface area is 112 Å². The first kappa shape index (κ1) is 13.8. The van der Waals surface area contributed by atoms with Crippen LogP contribution in [0.3, 0.4) is 0 Å². The van der Waals surface area contributed by atoms with Crippen LogP contribution in [0.15, 0.2) is 30.5 Å². The Morgan fingerprint density at radius 3 is 2.68 bits per heavy atom. The van der Waals surface area contributed by atoms with Crippen LogP contribution in [0, 0.1) is 0 Å². The summed E-state index contributed by atoms with van der Waals surface area (Å²) in [7, 11) is 0. The largest absolute Gasteiger partial charge is 0.522 e. The maximum atomic E-state index is 11.9. The molecule has 0 amide bonds. The van der Waals surface area contributed by atoms with Crippen LogP contribution in [0.4, 0.5) is 13.2 Å². The first-order chi connectivity index (χ1) is 8.88. The Bertz CT molecular complexity index is 607. The number of hydrogen-bond donors (Lipinski definition) is 1. The first-order valence-corrected chi connectivity index (χ1v) is 5.87. The smallest absolute Gasteiger partial charge is 0.389 e. The highest BCUT2D eigenvalue weighted by atomic mass is 32.1. The summed E-state index contributed by atoms with van der Waals surface area (Å²) in [5.74, 6) is 0. The summed E-state index contributed by atoms with van der Waals surface area (Å²) in [6.07, 6.45) is -2.92. The number of alkyl halides is 3. The molecular formula is C12H11F3N2OS. The van der Waals surface area contributed by atoms with Crippen molar-refractivity contribution in [2.24, 2.45) is 5.73 Å². The molecule has 2 N–H and O–H groups in total. The summed E-state index contributed by atoms with van der Waals surface area (Å²) in [5.41, 5.74) is 7.08. The molecule has 0 unspecified atom stereocenters. The molecule has 0 aliphatic heterocycles. The van der Waals surface area contributed by atoms with Gasteiger partial charge in [-0.05, 0) is 12.1 Å². The fraction of sp³-hybridized carbons (Fsp3) is 0.250. The van der Waals surface area contributed by atoms with Crippen molar-refractivity contribution in [3.63, 3.8) is 0 Å². The van der Waals surface area contributed by atoms with Crippen LogP contribution < -0.4 is 5.73 Å². The zero-order valence-electron chi connectivity index (χ0n) is 9.78. The van der Waals surface area contributed by atoms with Crippen LogP contribution in [0.2, 0.25) is 0 Å². The van der Waals surface area contributed by atoms with Crippen LogP contribution in [0.25, 0.3) is 10.9 Å². The van der Waals surface area contributed by atoms with Crippen LogP contribution in [-0.4, -0.2) is 22.5 Å². The summed E-state index contributed by atoms with van der Waals surface area (Å²) in [5, 5.41) is 0.821. The molecule has 0 spiro atoms. The maximum absolute atomic E-state index is 11.9. The predicted molar refractivity (Wildman–Crippen MR) is 69.8 cm³/mol. The minimum absolute atomic E-state index is 0.101. The van der Waals surface area contributed by atoms with Gasteiger partial charge in [0, 0.05) is 29.2 Å². The number of thiocarbonyl (C=S) groups is 1. The number of rotatable bonds is 4. The molecule has 7 heteroatoms. The first-order valence-electron chi connectivity index (χ1n) is 5.47. The number of aromatic nitrogens is 1. The second-order valence-corrected chi connectivity index (χ2v) is 4.35. The van der Waals surface area contributed by atoms with Crippen molar-refractivity contribution < 1.29 is 17.9 Å². The molecule has 0 aliphatic carbocycles. The van der Waals surface area contributed by atoms with E-state index in [1.165, 1.54) is 0 Å². The van der Waals surface area contributed by atoms with Gasteiger partial charge < -0.3 is 10.3 Å². The van der Waals surface area contributed by atoms with Gasteiger partial charge in [-0.2, -0.15) is 0 Å². The lowest BCUT2D eigenvalue weighted by Gasteiger charge is -2.09. The van der Waals surface area contributed by atoms with Gasteiger partial charge in [0.2, 0.25) is 0 Å². The van der Waals surface area contributed by atoms with Gasteiger partial charge in [0.05, 0.1) is 6.61 Å². The van der Waals surface area contributed by atoms with Crippen molar-refractivity contribution in [3.8, 4) is 0 Å². The van der Waals surface area contributed by atoms with E-state index in [1.54, 1.807) is 35.0 Å². The molecule has 2 aromatic rings. The van der Waals surface area contributed by atoms with Gasteiger partial charge in [0.1, 0.15) is 4.99 Å². The van der Waals surface area contributed by atoms with E-state index in [0.29, 0.717) is 5.56 Å². The highest BCUT2D eigenvalue weighted by Crippen LogP contribution is 2.21. The Kier molecular flexibility index (Phi) is 3.77. The average Bonchev–Trinajstić information content (AvgIpc) is 2.70. The fourth-order valence-electron chi connectivity index (χ4n) is 1.89. The zero-order chi connectivity index (χ0) is 14.0. The Morgan fingerprint density at radius 1 is 1.32 bits per heavy atom. The minimum atomic E-state index is -4.60. The molecule has 0 bridgehead atoms. The number of fused-ring (bicyclic) bond motifs is 1. The van der Waals surface area contributed by atoms with E-state index in [0.717, 1.165) is 10.9 Å². The molecule has 1 aromatic heterocycles. The summed E-state index contributed by atoms with van der Waals surface area (Å²) >= 11 is 4.93. The average molecular weight is 288 g/mol. The van der Waals surface area contributed by atoms with Gasteiger partial charge in [-0.25, -0.2) is 0 Å². The maximum Gasteiger partial charge on any atom is 0.522 e. The van der Waals surface area contributed by atoms with Gasteiger partial charge in [-0.15, -0.1) is 13.2 Å². The fourth-order valence-corrected chi connectivity index (χ4v) is 2.07. The van der Waals surface area contributed by atoms with E-state index < -0.39 is 13.0 Å². The van der Waals surface area contributed by atoms with Gasteiger partial charge >= 0.3 is 6.36 Å².